The zero-order chi connectivity index (χ0) is 26.1. The molecule has 4 heterocycles. The summed E-state index contributed by atoms with van der Waals surface area (Å²) >= 11 is 1.50. The van der Waals surface area contributed by atoms with Crippen molar-refractivity contribution in [2.75, 3.05) is 13.1 Å². The van der Waals surface area contributed by atoms with Crippen molar-refractivity contribution in [2.45, 2.75) is 44.3 Å². The predicted molar refractivity (Wildman–Crippen MR) is 126 cm³/mol. The summed E-state index contributed by atoms with van der Waals surface area (Å²) < 4.78 is 52.9. The number of alkyl halides is 4. The lowest BCUT2D eigenvalue weighted by Gasteiger charge is -2.31. The normalized spacial score (nSPS) is 18.5. The molecule has 1 aromatic carbocycles. The molecule has 0 bridgehead atoms. The van der Waals surface area contributed by atoms with Crippen LogP contribution in [0.15, 0.2) is 41.8 Å². The number of aromatic nitrogens is 3. The van der Waals surface area contributed by atoms with Crippen LogP contribution in [0.25, 0.3) is 5.70 Å². The first-order valence-corrected chi connectivity index (χ1v) is 12.5. The van der Waals surface area contributed by atoms with E-state index in [-0.39, 0.29) is 11.7 Å². The SMILES string of the molecule is O=C(Cn1nc(C(F)F)cc1C(F)F)N1CCC(c2nc(C3=CC(c4ccccc4O)ON3)cs2)CC1. The number of thiazole rings is 1. The van der Waals surface area contributed by atoms with Crippen molar-refractivity contribution in [3.8, 4) is 5.75 Å². The maximum atomic E-state index is 13.2. The molecule has 1 saturated heterocycles. The third-order valence-electron chi connectivity index (χ3n) is 6.41. The molecule has 1 amide bonds. The van der Waals surface area contributed by atoms with Crippen LogP contribution in [-0.2, 0) is 16.2 Å². The standard InChI is InChI=1S/C24H23F4N5O3S/c25-22(26)16-9-18(23(27)28)33(30-16)11-21(35)32-7-5-13(6-8-32)24-29-17(12-37-24)15-10-20(36-31-15)14-3-1-2-4-19(14)34/h1-4,9-10,12-13,20,22-23,31,34H,5-8,11H2. The van der Waals surface area contributed by atoms with Gasteiger partial charge in [0.1, 0.15) is 29.8 Å². The molecule has 2 aromatic heterocycles. The van der Waals surface area contributed by atoms with Crippen LogP contribution in [0.2, 0.25) is 0 Å². The van der Waals surface area contributed by atoms with Crippen molar-refractivity contribution < 1.29 is 32.3 Å². The number of hydroxylamine groups is 1. The van der Waals surface area contributed by atoms with E-state index in [1.54, 1.807) is 18.2 Å². The first-order valence-electron chi connectivity index (χ1n) is 11.6. The second kappa shape index (κ2) is 10.5. The third kappa shape index (κ3) is 5.32. The molecule has 0 aliphatic carbocycles. The van der Waals surface area contributed by atoms with E-state index in [2.05, 4.69) is 10.6 Å². The van der Waals surface area contributed by atoms with E-state index in [1.807, 2.05) is 17.5 Å². The number of piperidine rings is 1. The summed E-state index contributed by atoms with van der Waals surface area (Å²) in [6.07, 6.45) is -3.35. The lowest BCUT2D eigenvalue weighted by molar-refractivity contribution is -0.133. The van der Waals surface area contributed by atoms with E-state index in [1.165, 1.54) is 16.2 Å². The van der Waals surface area contributed by atoms with Crippen LogP contribution < -0.4 is 5.48 Å². The molecule has 13 heteroatoms. The van der Waals surface area contributed by atoms with Gasteiger partial charge in [-0.05, 0) is 31.1 Å². The predicted octanol–water partition coefficient (Wildman–Crippen LogP) is 4.94. The lowest BCUT2D eigenvalue weighted by Crippen LogP contribution is -2.40. The molecule has 1 atom stereocenters. The zero-order valence-electron chi connectivity index (χ0n) is 19.4. The minimum absolute atomic E-state index is 0.117. The van der Waals surface area contributed by atoms with Gasteiger partial charge in [-0.3, -0.25) is 19.8 Å². The van der Waals surface area contributed by atoms with Crippen LogP contribution in [0, 0.1) is 0 Å². The van der Waals surface area contributed by atoms with E-state index in [0.717, 1.165) is 5.01 Å². The monoisotopic (exact) mass is 537 g/mol. The molecule has 5 rings (SSSR count). The molecule has 2 aliphatic heterocycles. The van der Waals surface area contributed by atoms with E-state index in [4.69, 9.17) is 9.82 Å². The fraction of sp³-hybridized carbons (Fsp3) is 0.375. The Hall–Kier alpha value is -3.45. The number of rotatable bonds is 7. The Morgan fingerprint density at radius 3 is 2.65 bits per heavy atom. The number of nitrogens with zero attached hydrogens (tertiary/aromatic N) is 4. The van der Waals surface area contributed by atoms with Crippen molar-refractivity contribution in [3.63, 3.8) is 0 Å². The van der Waals surface area contributed by atoms with Crippen LogP contribution in [0.1, 0.15) is 65.4 Å². The second-order valence-corrected chi connectivity index (χ2v) is 9.65. The largest absolute Gasteiger partial charge is 0.508 e. The number of amides is 1. The summed E-state index contributed by atoms with van der Waals surface area (Å²) in [6.45, 7) is 0.270. The molecule has 8 nitrogen and oxygen atoms in total. The van der Waals surface area contributed by atoms with Gasteiger partial charge in [0.15, 0.2) is 0 Å². The molecule has 0 saturated carbocycles. The molecule has 3 aromatic rings. The minimum Gasteiger partial charge on any atom is -0.508 e. The van der Waals surface area contributed by atoms with E-state index >= 15 is 0 Å². The number of benzene rings is 1. The van der Waals surface area contributed by atoms with Crippen molar-refractivity contribution >= 4 is 22.9 Å². The number of carbonyl (C=O) groups excluding carboxylic acids is 1. The van der Waals surface area contributed by atoms with Crippen LogP contribution >= 0.6 is 11.3 Å². The Bertz CT molecular complexity index is 1300. The number of nitrogens with one attached hydrogen (secondary N) is 1. The summed E-state index contributed by atoms with van der Waals surface area (Å²) in [7, 11) is 0. The summed E-state index contributed by atoms with van der Waals surface area (Å²) in [5, 5.41) is 16.4. The Kier molecular flexibility index (Phi) is 7.15. The van der Waals surface area contributed by atoms with Gasteiger partial charge in [-0.15, -0.1) is 11.3 Å². The zero-order valence-corrected chi connectivity index (χ0v) is 20.2. The minimum atomic E-state index is -3.01. The number of phenols is 1. The maximum absolute atomic E-state index is 13.2. The van der Waals surface area contributed by atoms with Crippen molar-refractivity contribution in [2.24, 2.45) is 0 Å². The molecule has 2 aliphatic rings. The molecule has 0 radical (unpaired) electrons. The van der Waals surface area contributed by atoms with E-state index < -0.39 is 42.8 Å². The fourth-order valence-electron chi connectivity index (χ4n) is 4.43. The maximum Gasteiger partial charge on any atom is 0.282 e. The highest BCUT2D eigenvalue weighted by atomic mass is 32.1. The van der Waals surface area contributed by atoms with Gasteiger partial charge in [0.2, 0.25) is 5.91 Å². The molecule has 1 unspecified atom stereocenters. The van der Waals surface area contributed by atoms with Crippen LogP contribution in [0.4, 0.5) is 17.6 Å². The first-order chi connectivity index (χ1) is 17.8. The molecular formula is C24H23F4N5O3S. The topological polar surface area (TPSA) is 92.5 Å². The van der Waals surface area contributed by atoms with Crippen LogP contribution in [-0.4, -0.2) is 43.8 Å². The quantitative estimate of drug-likeness (QED) is 0.415. The Balaban J connectivity index is 1.19. The highest BCUT2D eigenvalue weighted by Crippen LogP contribution is 2.36. The van der Waals surface area contributed by atoms with Crippen molar-refractivity contribution in [1.29, 1.82) is 0 Å². The van der Waals surface area contributed by atoms with Gasteiger partial charge < -0.3 is 10.0 Å². The summed E-state index contributed by atoms with van der Waals surface area (Å²) in [5.74, 6) is -0.192. The van der Waals surface area contributed by atoms with Gasteiger partial charge in [-0.25, -0.2) is 22.5 Å². The van der Waals surface area contributed by atoms with Crippen LogP contribution in [0.3, 0.4) is 0 Å². The third-order valence-corrected chi connectivity index (χ3v) is 7.42. The first kappa shape index (κ1) is 25.2. The van der Waals surface area contributed by atoms with Gasteiger partial charge in [0, 0.05) is 30.0 Å². The average molecular weight is 538 g/mol. The summed E-state index contributed by atoms with van der Waals surface area (Å²) in [4.78, 5) is 24.5. The Morgan fingerprint density at radius 1 is 1.19 bits per heavy atom. The number of aromatic hydroxyl groups is 1. The Labute approximate surface area is 213 Å². The van der Waals surface area contributed by atoms with E-state index in [9.17, 15) is 27.5 Å². The molecule has 196 valence electrons. The summed E-state index contributed by atoms with van der Waals surface area (Å²) in [6, 6.07) is 7.56. The van der Waals surface area contributed by atoms with E-state index in [0.29, 0.717) is 53.6 Å². The van der Waals surface area contributed by atoms with Gasteiger partial charge in [0.05, 0.1) is 16.4 Å². The number of para-hydroxylation sites is 1. The number of carbonyl (C=O) groups is 1. The van der Waals surface area contributed by atoms with Gasteiger partial charge in [-0.1, -0.05) is 18.2 Å². The molecule has 2 N–H and O–H groups in total. The number of phenolic OH excluding ortho intramolecular Hbond substituents is 1. The number of hydrogen-bond donors (Lipinski definition) is 2. The van der Waals surface area contributed by atoms with Crippen LogP contribution in [0.5, 0.6) is 5.75 Å². The highest BCUT2D eigenvalue weighted by Gasteiger charge is 2.29. The Morgan fingerprint density at radius 2 is 1.95 bits per heavy atom. The van der Waals surface area contributed by atoms with Crippen molar-refractivity contribution in [1.82, 2.24) is 25.1 Å². The average Bonchev–Trinajstić information content (AvgIpc) is 3.64. The highest BCUT2D eigenvalue weighted by molar-refractivity contribution is 7.09. The van der Waals surface area contributed by atoms with Gasteiger partial charge >= 0.3 is 0 Å². The number of halogens is 4. The van der Waals surface area contributed by atoms with Crippen molar-refractivity contribution in [3.05, 3.63) is 69.4 Å². The molecular weight excluding hydrogens is 514 g/mol. The van der Waals surface area contributed by atoms with Gasteiger partial charge in [0.25, 0.3) is 12.9 Å². The molecule has 37 heavy (non-hydrogen) atoms. The summed E-state index contributed by atoms with van der Waals surface area (Å²) in [5.41, 5.74) is 3.44. The lowest BCUT2D eigenvalue weighted by atomic mass is 9.97. The fourth-order valence-corrected chi connectivity index (χ4v) is 5.42. The second-order valence-electron chi connectivity index (χ2n) is 8.76. The number of likely N-dealkylation sites (tertiary alicyclic amines) is 1. The van der Waals surface area contributed by atoms with Gasteiger partial charge in [-0.2, -0.15) is 5.10 Å². The number of hydrogen-bond acceptors (Lipinski definition) is 7. The molecule has 1 fully saturated rings. The molecule has 0 spiro atoms. The smallest absolute Gasteiger partial charge is 0.282 e.